The number of hydrogen-bond donors (Lipinski definition) is 0. The van der Waals surface area contributed by atoms with Crippen LogP contribution in [-0.2, 0) is 11.3 Å². The molecule has 0 spiro atoms. The summed E-state index contributed by atoms with van der Waals surface area (Å²) < 4.78 is 8.38. The Morgan fingerprint density at radius 1 is 1.15 bits per heavy atom. The van der Waals surface area contributed by atoms with Crippen LogP contribution in [0.5, 0.6) is 0 Å². The Morgan fingerprint density at radius 2 is 1.89 bits per heavy atom. The summed E-state index contributed by atoms with van der Waals surface area (Å²) in [6.07, 6.45) is 8.80. The van der Waals surface area contributed by atoms with Gasteiger partial charge in [-0.3, -0.25) is 9.13 Å². The monoisotopic (exact) mass is 366 g/mol. The number of rotatable bonds is 4. The van der Waals surface area contributed by atoms with Gasteiger partial charge in [0.1, 0.15) is 5.82 Å². The summed E-state index contributed by atoms with van der Waals surface area (Å²) in [5, 5.41) is 0. The minimum Gasteiger partial charge on any atom is -0.465 e. The Bertz CT molecular complexity index is 1020. The molecule has 3 aromatic rings. The molecule has 1 aliphatic carbocycles. The lowest BCUT2D eigenvalue weighted by Gasteiger charge is -2.22. The van der Waals surface area contributed by atoms with Crippen molar-refractivity contribution in [3.8, 4) is 0 Å². The predicted molar refractivity (Wildman–Crippen MR) is 101 cm³/mol. The highest BCUT2D eigenvalue weighted by Gasteiger charge is 2.23. The van der Waals surface area contributed by atoms with Crippen molar-refractivity contribution in [2.24, 2.45) is 0 Å². The molecule has 7 nitrogen and oxygen atoms in total. The Balaban J connectivity index is 1.88. The topological polar surface area (TPSA) is 79.0 Å². The van der Waals surface area contributed by atoms with E-state index in [1.807, 2.05) is 10.6 Å². The molecule has 27 heavy (non-hydrogen) atoms. The normalized spacial score (nSPS) is 15.1. The number of imidazole rings is 1. The quantitative estimate of drug-likeness (QED) is 0.663. The third-order valence-electron chi connectivity index (χ3n) is 5.24. The van der Waals surface area contributed by atoms with Crippen LogP contribution < -0.4 is 5.69 Å². The number of carbonyl (C=O) groups excluding carboxylic acids is 1. The van der Waals surface area contributed by atoms with E-state index in [1.54, 1.807) is 35.2 Å². The summed E-state index contributed by atoms with van der Waals surface area (Å²) in [6.45, 7) is 0.264. The second-order valence-corrected chi connectivity index (χ2v) is 6.89. The molecule has 2 aromatic heterocycles. The lowest BCUT2D eigenvalue weighted by molar-refractivity contribution is 0.0601. The highest BCUT2D eigenvalue weighted by molar-refractivity contribution is 5.93. The maximum Gasteiger partial charge on any atom is 0.337 e. The van der Waals surface area contributed by atoms with Crippen LogP contribution in [0.3, 0.4) is 0 Å². The van der Waals surface area contributed by atoms with E-state index in [0.29, 0.717) is 16.9 Å². The molecule has 1 fully saturated rings. The van der Waals surface area contributed by atoms with Crippen LogP contribution in [0.15, 0.2) is 41.5 Å². The molecule has 0 amide bonds. The summed E-state index contributed by atoms with van der Waals surface area (Å²) in [4.78, 5) is 33.8. The van der Waals surface area contributed by atoms with Crippen molar-refractivity contribution in [1.82, 2.24) is 19.1 Å². The van der Waals surface area contributed by atoms with Crippen molar-refractivity contribution in [2.45, 2.75) is 44.7 Å². The molecular formula is C20H22N4O3. The van der Waals surface area contributed by atoms with Crippen LogP contribution in [-0.4, -0.2) is 32.2 Å². The van der Waals surface area contributed by atoms with Gasteiger partial charge in [0.25, 0.3) is 0 Å². The third-order valence-corrected chi connectivity index (χ3v) is 5.24. The second kappa shape index (κ2) is 7.34. The van der Waals surface area contributed by atoms with Gasteiger partial charge < -0.3 is 4.74 Å². The number of nitrogens with zero attached hydrogens (tertiary/aromatic N) is 4. The summed E-state index contributed by atoms with van der Waals surface area (Å²) in [5.74, 6) is 0.142. The zero-order valence-electron chi connectivity index (χ0n) is 15.3. The summed E-state index contributed by atoms with van der Waals surface area (Å²) in [5.41, 5.74) is 1.90. The molecule has 0 N–H and O–H groups in total. The smallest absolute Gasteiger partial charge is 0.337 e. The molecule has 7 heteroatoms. The minimum absolute atomic E-state index is 0.0774. The number of carbonyl (C=O) groups is 1. The molecule has 0 aliphatic heterocycles. The van der Waals surface area contributed by atoms with Gasteiger partial charge in [-0.1, -0.05) is 19.3 Å². The number of fused-ring (bicyclic) bond motifs is 1. The SMILES string of the molecule is COC(=O)c1ccc2c(c1)n(Cc1ncccn1)c(=O)n2C1CCCCC1. The predicted octanol–water partition coefficient (Wildman–Crippen LogP) is 2.93. The van der Waals surface area contributed by atoms with E-state index in [0.717, 1.165) is 31.2 Å². The van der Waals surface area contributed by atoms with Crippen molar-refractivity contribution >= 4 is 17.0 Å². The van der Waals surface area contributed by atoms with Crippen molar-refractivity contribution < 1.29 is 9.53 Å². The standard InChI is InChI=1S/C20H22N4O3/c1-27-19(25)14-8-9-16-17(12-14)23(13-18-21-10-5-11-22-18)20(26)24(16)15-6-3-2-4-7-15/h5,8-12,15H,2-4,6-7,13H2,1H3. The van der Waals surface area contributed by atoms with Gasteiger partial charge in [-0.15, -0.1) is 0 Å². The molecule has 0 unspecified atom stereocenters. The number of methoxy groups -OCH3 is 1. The fourth-order valence-corrected chi connectivity index (χ4v) is 3.92. The molecule has 0 bridgehead atoms. The number of benzene rings is 1. The van der Waals surface area contributed by atoms with E-state index in [4.69, 9.17) is 4.74 Å². The number of aromatic nitrogens is 4. The van der Waals surface area contributed by atoms with Gasteiger partial charge in [0, 0.05) is 18.4 Å². The first kappa shape index (κ1) is 17.5. The van der Waals surface area contributed by atoms with Crippen LogP contribution >= 0.6 is 0 Å². The van der Waals surface area contributed by atoms with E-state index in [1.165, 1.54) is 13.5 Å². The van der Waals surface area contributed by atoms with E-state index in [2.05, 4.69) is 9.97 Å². The van der Waals surface area contributed by atoms with Crippen molar-refractivity contribution in [1.29, 1.82) is 0 Å². The average Bonchev–Trinajstić information content (AvgIpc) is 2.99. The molecule has 1 saturated carbocycles. The molecule has 0 atom stereocenters. The number of hydrogen-bond acceptors (Lipinski definition) is 5. The first-order valence-corrected chi connectivity index (χ1v) is 9.28. The van der Waals surface area contributed by atoms with Crippen LogP contribution in [0, 0.1) is 0 Å². The highest BCUT2D eigenvalue weighted by Crippen LogP contribution is 2.30. The van der Waals surface area contributed by atoms with E-state index >= 15 is 0 Å². The number of ether oxygens (including phenoxy) is 1. The van der Waals surface area contributed by atoms with Crippen LogP contribution in [0.2, 0.25) is 0 Å². The lowest BCUT2D eigenvalue weighted by Crippen LogP contribution is -2.29. The molecule has 2 heterocycles. The average molecular weight is 366 g/mol. The maximum absolute atomic E-state index is 13.3. The number of esters is 1. The fourth-order valence-electron chi connectivity index (χ4n) is 3.92. The molecule has 4 rings (SSSR count). The Labute approximate surface area is 156 Å². The van der Waals surface area contributed by atoms with Crippen molar-refractivity contribution in [2.75, 3.05) is 7.11 Å². The van der Waals surface area contributed by atoms with Gasteiger partial charge in [0.05, 0.1) is 30.3 Å². The van der Waals surface area contributed by atoms with E-state index < -0.39 is 5.97 Å². The Morgan fingerprint density at radius 3 is 2.59 bits per heavy atom. The van der Waals surface area contributed by atoms with E-state index in [9.17, 15) is 9.59 Å². The van der Waals surface area contributed by atoms with Crippen LogP contribution in [0.4, 0.5) is 0 Å². The Kier molecular flexibility index (Phi) is 4.75. The first-order chi connectivity index (χ1) is 13.2. The van der Waals surface area contributed by atoms with Crippen molar-refractivity contribution in [3.05, 3.63) is 58.5 Å². The molecule has 1 aromatic carbocycles. The van der Waals surface area contributed by atoms with Gasteiger partial charge >= 0.3 is 11.7 Å². The molecular weight excluding hydrogens is 344 g/mol. The van der Waals surface area contributed by atoms with Gasteiger partial charge in [0.2, 0.25) is 0 Å². The zero-order chi connectivity index (χ0) is 18.8. The first-order valence-electron chi connectivity index (χ1n) is 9.28. The molecule has 1 aliphatic rings. The second-order valence-electron chi connectivity index (χ2n) is 6.89. The molecule has 140 valence electrons. The van der Waals surface area contributed by atoms with E-state index in [-0.39, 0.29) is 18.3 Å². The van der Waals surface area contributed by atoms with Crippen LogP contribution in [0.25, 0.3) is 11.0 Å². The molecule has 0 saturated heterocycles. The maximum atomic E-state index is 13.3. The van der Waals surface area contributed by atoms with Gasteiger partial charge in [-0.25, -0.2) is 19.6 Å². The summed E-state index contributed by atoms with van der Waals surface area (Å²) >= 11 is 0. The van der Waals surface area contributed by atoms with Gasteiger partial charge in [-0.2, -0.15) is 0 Å². The van der Waals surface area contributed by atoms with Crippen LogP contribution in [0.1, 0.15) is 54.3 Å². The fraction of sp³-hybridized carbons (Fsp3) is 0.400. The Hall–Kier alpha value is -2.96. The third kappa shape index (κ3) is 3.25. The lowest BCUT2D eigenvalue weighted by atomic mass is 9.95. The summed E-state index contributed by atoms with van der Waals surface area (Å²) in [6, 6.07) is 7.23. The van der Waals surface area contributed by atoms with Gasteiger partial charge in [0.15, 0.2) is 0 Å². The largest absolute Gasteiger partial charge is 0.465 e. The summed E-state index contributed by atoms with van der Waals surface area (Å²) in [7, 11) is 1.35. The highest BCUT2D eigenvalue weighted by atomic mass is 16.5. The zero-order valence-corrected chi connectivity index (χ0v) is 15.3. The minimum atomic E-state index is -0.419. The molecule has 0 radical (unpaired) electrons. The van der Waals surface area contributed by atoms with Gasteiger partial charge in [-0.05, 0) is 37.1 Å². The van der Waals surface area contributed by atoms with Crippen molar-refractivity contribution in [3.63, 3.8) is 0 Å².